The van der Waals surface area contributed by atoms with E-state index < -0.39 is 0 Å². The number of hydrogen-bond acceptors (Lipinski definition) is 3. The van der Waals surface area contributed by atoms with Crippen molar-refractivity contribution < 1.29 is 14.3 Å². The van der Waals surface area contributed by atoms with Crippen molar-refractivity contribution >= 4 is 11.8 Å². The van der Waals surface area contributed by atoms with Gasteiger partial charge in [-0.1, -0.05) is 37.3 Å². The summed E-state index contributed by atoms with van der Waals surface area (Å²) in [6.07, 6.45) is 0.197. The van der Waals surface area contributed by atoms with Crippen molar-refractivity contribution in [3.05, 3.63) is 35.9 Å². The minimum Gasteiger partial charge on any atom is -0.466 e. The Bertz CT molecular complexity index is 357. The molecule has 1 unspecified atom stereocenters. The van der Waals surface area contributed by atoms with Crippen LogP contribution in [-0.4, -0.2) is 18.4 Å². The molecule has 0 aromatic heterocycles. The van der Waals surface area contributed by atoms with Gasteiger partial charge in [0.05, 0.1) is 12.5 Å². The number of carbonyl (C=O) groups is 2. The summed E-state index contributed by atoms with van der Waals surface area (Å²) in [5, 5.41) is 0. The SMILES string of the molecule is CCOC(=O)C(C)CC(=O)c1ccccc1. The second-order valence-electron chi connectivity index (χ2n) is 3.65. The summed E-state index contributed by atoms with van der Waals surface area (Å²) in [6, 6.07) is 8.97. The molecule has 0 saturated heterocycles. The lowest BCUT2D eigenvalue weighted by Gasteiger charge is -2.09. The van der Waals surface area contributed by atoms with Crippen molar-refractivity contribution in [2.24, 2.45) is 5.92 Å². The maximum absolute atomic E-state index is 11.8. The summed E-state index contributed by atoms with van der Waals surface area (Å²) < 4.78 is 4.85. The fraction of sp³-hybridized carbons (Fsp3) is 0.385. The monoisotopic (exact) mass is 220 g/mol. The number of esters is 1. The molecule has 3 nitrogen and oxygen atoms in total. The number of carbonyl (C=O) groups excluding carboxylic acids is 2. The lowest BCUT2D eigenvalue weighted by molar-refractivity contribution is -0.147. The van der Waals surface area contributed by atoms with Gasteiger partial charge in [0.25, 0.3) is 0 Å². The molecule has 1 aromatic carbocycles. The minimum atomic E-state index is -0.382. The van der Waals surface area contributed by atoms with Crippen molar-refractivity contribution in [2.75, 3.05) is 6.61 Å². The number of rotatable bonds is 5. The summed E-state index contributed by atoms with van der Waals surface area (Å²) in [4.78, 5) is 23.1. The Morgan fingerprint density at radius 2 is 1.88 bits per heavy atom. The van der Waals surface area contributed by atoms with Gasteiger partial charge in [0.1, 0.15) is 0 Å². The van der Waals surface area contributed by atoms with E-state index in [0.29, 0.717) is 12.2 Å². The topological polar surface area (TPSA) is 43.4 Å². The number of benzene rings is 1. The van der Waals surface area contributed by atoms with Crippen LogP contribution in [0.1, 0.15) is 30.6 Å². The van der Waals surface area contributed by atoms with Crippen LogP contribution in [0.15, 0.2) is 30.3 Å². The first-order valence-corrected chi connectivity index (χ1v) is 5.40. The van der Waals surface area contributed by atoms with Crippen LogP contribution >= 0.6 is 0 Å². The molecule has 0 radical (unpaired) electrons. The predicted octanol–water partition coefficient (Wildman–Crippen LogP) is 2.46. The van der Waals surface area contributed by atoms with Crippen molar-refractivity contribution in [2.45, 2.75) is 20.3 Å². The van der Waals surface area contributed by atoms with Gasteiger partial charge in [-0.2, -0.15) is 0 Å². The van der Waals surface area contributed by atoms with E-state index in [1.54, 1.807) is 26.0 Å². The molecule has 0 aliphatic carbocycles. The third-order valence-electron chi connectivity index (χ3n) is 2.28. The third-order valence-corrected chi connectivity index (χ3v) is 2.28. The molecule has 0 saturated carbocycles. The Hall–Kier alpha value is -1.64. The van der Waals surface area contributed by atoms with Gasteiger partial charge in [0.2, 0.25) is 0 Å². The van der Waals surface area contributed by atoms with Crippen LogP contribution in [0.4, 0.5) is 0 Å². The van der Waals surface area contributed by atoms with Gasteiger partial charge in [-0.25, -0.2) is 0 Å². The molecule has 0 aliphatic heterocycles. The number of hydrogen-bond donors (Lipinski definition) is 0. The first kappa shape index (κ1) is 12.4. The van der Waals surface area contributed by atoms with Gasteiger partial charge >= 0.3 is 5.97 Å². The van der Waals surface area contributed by atoms with E-state index in [1.807, 2.05) is 18.2 Å². The highest BCUT2D eigenvalue weighted by Crippen LogP contribution is 2.11. The van der Waals surface area contributed by atoms with Gasteiger partial charge in [-0.05, 0) is 6.92 Å². The molecule has 0 spiro atoms. The van der Waals surface area contributed by atoms with Gasteiger partial charge in [-0.3, -0.25) is 9.59 Å². The zero-order valence-corrected chi connectivity index (χ0v) is 9.60. The van der Waals surface area contributed by atoms with Crippen LogP contribution in [0.25, 0.3) is 0 Å². The van der Waals surface area contributed by atoms with E-state index in [4.69, 9.17) is 4.74 Å². The maximum Gasteiger partial charge on any atom is 0.309 e. The first-order chi connectivity index (χ1) is 7.65. The number of Topliss-reactive ketones (excluding diaryl/α,β-unsaturated/α-hetero) is 1. The summed E-state index contributed by atoms with van der Waals surface area (Å²) in [7, 11) is 0. The molecule has 1 atom stereocenters. The fourth-order valence-corrected chi connectivity index (χ4v) is 1.39. The van der Waals surface area contributed by atoms with Gasteiger partial charge in [0, 0.05) is 12.0 Å². The Labute approximate surface area is 95.4 Å². The molecule has 0 aliphatic rings. The Morgan fingerprint density at radius 3 is 2.44 bits per heavy atom. The lowest BCUT2D eigenvalue weighted by Crippen LogP contribution is -2.18. The molecular weight excluding hydrogens is 204 g/mol. The summed E-state index contributed by atoms with van der Waals surface area (Å²) in [5.41, 5.74) is 0.638. The Kier molecular flexibility index (Phi) is 4.70. The normalized spacial score (nSPS) is 11.9. The van der Waals surface area contributed by atoms with Gasteiger partial charge in [-0.15, -0.1) is 0 Å². The predicted molar refractivity (Wildman–Crippen MR) is 61.2 cm³/mol. The average molecular weight is 220 g/mol. The zero-order valence-electron chi connectivity index (χ0n) is 9.60. The average Bonchev–Trinajstić information content (AvgIpc) is 2.30. The van der Waals surface area contributed by atoms with Crippen LogP contribution in [-0.2, 0) is 9.53 Å². The Morgan fingerprint density at radius 1 is 1.25 bits per heavy atom. The molecule has 0 fully saturated rings. The lowest BCUT2D eigenvalue weighted by atomic mass is 10.00. The molecule has 0 amide bonds. The number of ether oxygens (including phenoxy) is 1. The maximum atomic E-state index is 11.8. The Balaban J connectivity index is 2.55. The largest absolute Gasteiger partial charge is 0.466 e. The van der Waals surface area contributed by atoms with E-state index in [9.17, 15) is 9.59 Å². The molecule has 0 heterocycles. The number of ketones is 1. The quantitative estimate of drug-likeness (QED) is 0.565. The van der Waals surface area contributed by atoms with E-state index in [-0.39, 0.29) is 24.1 Å². The molecular formula is C13H16O3. The van der Waals surface area contributed by atoms with E-state index in [1.165, 1.54) is 0 Å². The molecule has 0 N–H and O–H groups in total. The summed E-state index contributed by atoms with van der Waals surface area (Å²) in [5.74, 6) is -0.722. The van der Waals surface area contributed by atoms with Gasteiger partial charge in [0.15, 0.2) is 5.78 Å². The van der Waals surface area contributed by atoms with Crippen LogP contribution in [0, 0.1) is 5.92 Å². The van der Waals surface area contributed by atoms with E-state index in [0.717, 1.165) is 0 Å². The van der Waals surface area contributed by atoms with Crippen molar-refractivity contribution in [3.63, 3.8) is 0 Å². The third kappa shape index (κ3) is 3.50. The molecule has 1 rings (SSSR count). The smallest absolute Gasteiger partial charge is 0.309 e. The van der Waals surface area contributed by atoms with E-state index >= 15 is 0 Å². The van der Waals surface area contributed by atoms with Crippen LogP contribution < -0.4 is 0 Å². The van der Waals surface area contributed by atoms with Crippen LogP contribution in [0.2, 0.25) is 0 Å². The van der Waals surface area contributed by atoms with Crippen LogP contribution in [0.3, 0.4) is 0 Å². The fourth-order valence-electron chi connectivity index (χ4n) is 1.39. The summed E-state index contributed by atoms with van der Waals surface area (Å²) >= 11 is 0. The van der Waals surface area contributed by atoms with Gasteiger partial charge < -0.3 is 4.74 Å². The highest BCUT2D eigenvalue weighted by Gasteiger charge is 2.18. The highest BCUT2D eigenvalue weighted by atomic mass is 16.5. The van der Waals surface area contributed by atoms with Crippen LogP contribution in [0.5, 0.6) is 0 Å². The standard InChI is InChI=1S/C13H16O3/c1-3-16-13(15)10(2)9-12(14)11-7-5-4-6-8-11/h4-8,10H,3,9H2,1-2H3. The molecule has 1 aromatic rings. The highest BCUT2D eigenvalue weighted by molar-refractivity contribution is 5.97. The molecule has 86 valence electrons. The second kappa shape index (κ2) is 6.05. The molecule has 16 heavy (non-hydrogen) atoms. The summed E-state index contributed by atoms with van der Waals surface area (Å²) in [6.45, 7) is 3.81. The molecule has 3 heteroatoms. The van der Waals surface area contributed by atoms with Crippen molar-refractivity contribution in [1.82, 2.24) is 0 Å². The minimum absolute atomic E-state index is 0.0267. The molecule has 0 bridgehead atoms. The zero-order chi connectivity index (χ0) is 12.0. The van der Waals surface area contributed by atoms with Crippen molar-refractivity contribution in [3.8, 4) is 0 Å². The first-order valence-electron chi connectivity index (χ1n) is 5.40. The van der Waals surface area contributed by atoms with E-state index in [2.05, 4.69) is 0 Å². The second-order valence-corrected chi connectivity index (χ2v) is 3.65. The van der Waals surface area contributed by atoms with Crippen molar-refractivity contribution in [1.29, 1.82) is 0 Å².